The molecule has 0 aliphatic rings. The van der Waals surface area contributed by atoms with Crippen molar-refractivity contribution in [2.75, 3.05) is 0 Å². The van der Waals surface area contributed by atoms with Gasteiger partial charge in [0.15, 0.2) is 5.84 Å². The Morgan fingerprint density at radius 3 is 2.43 bits per heavy atom. The molecule has 0 unspecified atom stereocenters. The van der Waals surface area contributed by atoms with Crippen LogP contribution in [0, 0.1) is 0 Å². The minimum Gasteiger partial charge on any atom is -0.409 e. The van der Waals surface area contributed by atoms with Gasteiger partial charge in [-0.05, 0) is 12.1 Å². The molecular weight excluding hydrogens is 206 g/mol. The van der Waals surface area contributed by atoms with Gasteiger partial charge in [0.25, 0.3) is 0 Å². The van der Waals surface area contributed by atoms with Gasteiger partial charge in [-0.25, -0.2) is 13.6 Å². The molecule has 0 saturated carbocycles. The molecule has 14 heavy (non-hydrogen) atoms. The summed E-state index contributed by atoms with van der Waals surface area (Å²) in [7, 11) is -3.86. The second-order valence-corrected chi connectivity index (χ2v) is 4.06. The van der Waals surface area contributed by atoms with E-state index in [0.29, 0.717) is 0 Å². The summed E-state index contributed by atoms with van der Waals surface area (Å²) in [5.41, 5.74) is 5.35. The molecule has 0 amide bonds. The number of nitrogens with zero attached hydrogens (tertiary/aromatic N) is 1. The SMILES string of the molecule is N/C(=N/O)c1ccccc1S(N)(=O)=O. The minimum atomic E-state index is -3.86. The van der Waals surface area contributed by atoms with Crippen LogP contribution < -0.4 is 10.9 Å². The first-order valence-corrected chi connectivity index (χ1v) is 5.11. The van der Waals surface area contributed by atoms with Crippen LogP contribution in [0.2, 0.25) is 0 Å². The van der Waals surface area contributed by atoms with Crippen LogP contribution in [0.25, 0.3) is 0 Å². The van der Waals surface area contributed by atoms with E-state index in [1.54, 1.807) is 6.07 Å². The van der Waals surface area contributed by atoms with Crippen LogP contribution in [0.15, 0.2) is 34.3 Å². The van der Waals surface area contributed by atoms with Crippen LogP contribution in [0.1, 0.15) is 5.56 Å². The molecule has 0 radical (unpaired) electrons. The van der Waals surface area contributed by atoms with Crippen molar-refractivity contribution in [3.63, 3.8) is 0 Å². The number of rotatable bonds is 2. The Balaban J connectivity index is 3.46. The largest absolute Gasteiger partial charge is 0.409 e. The molecule has 6 nitrogen and oxygen atoms in total. The summed E-state index contributed by atoms with van der Waals surface area (Å²) in [4.78, 5) is -0.171. The van der Waals surface area contributed by atoms with Crippen LogP contribution in [0.4, 0.5) is 0 Å². The van der Waals surface area contributed by atoms with Gasteiger partial charge in [-0.1, -0.05) is 17.3 Å². The highest BCUT2D eigenvalue weighted by atomic mass is 32.2. The molecule has 7 heteroatoms. The van der Waals surface area contributed by atoms with Gasteiger partial charge in [0, 0.05) is 5.56 Å². The minimum absolute atomic E-state index is 0.0810. The number of oxime groups is 1. The summed E-state index contributed by atoms with van der Waals surface area (Å²) in [6.45, 7) is 0. The van der Waals surface area contributed by atoms with Crippen LogP contribution in [-0.4, -0.2) is 19.5 Å². The first kappa shape index (κ1) is 10.5. The third-order valence-corrected chi connectivity index (χ3v) is 2.55. The van der Waals surface area contributed by atoms with E-state index in [1.165, 1.54) is 18.2 Å². The average molecular weight is 215 g/mol. The van der Waals surface area contributed by atoms with Gasteiger partial charge in [0.05, 0.1) is 4.90 Å². The normalized spacial score (nSPS) is 12.8. The zero-order valence-corrected chi connectivity index (χ0v) is 7.90. The standard InChI is InChI=1S/C7H9N3O3S/c8-7(10-11)5-3-1-2-4-6(5)14(9,12)13/h1-4,11H,(H2,8,10)(H2,9,12,13). The zero-order chi connectivity index (χ0) is 10.8. The lowest BCUT2D eigenvalue weighted by molar-refractivity contribution is 0.318. The molecule has 0 spiro atoms. The fraction of sp³-hybridized carbons (Fsp3) is 0. The van der Waals surface area contributed by atoms with Crippen molar-refractivity contribution in [3.05, 3.63) is 29.8 Å². The summed E-state index contributed by atoms with van der Waals surface area (Å²) < 4.78 is 22.1. The van der Waals surface area contributed by atoms with E-state index in [4.69, 9.17) is 16.1 Å². The van der Waals surface area contributed by atoms with Crippen LogP contribution in [0.3, 0.4) is 0 Å². The second-order valence-electron chi connectivity index (χ2n) is 2.53. The summed E-state index contributed by atoms with van der Waals surface area (Å²) in [6, 6.07) is 5.73. The lowest BCUT2D eigenvalue weighted by Crippen LogP contribution is -2.21. The van der Waals surface area contributed by atoms with Crippen molar-refractivity contribution >= 4 is 15.9 Å². The zero-order valence-electron chi connectivity index (χ0n) is 7.08. The molecule has 0 aromatic heterocycles. The second kappa shape index (κ2) is 3.64. The van der Waals surface area contributed by atoms with E-state index in [9.17, 15) is 8.42 Å². The Labute approximate surface area is 80.9 Å². The fourth-order valence-electron chi connectivity index (χ4n) is 0.980. The summed E-state index contributed by atoms with van der Waals surface area (Å²) in [5, 5.41) is 16.0. The monoisotopic (exact) mass is 215 g/mol. The highest BCUT2D eigenvalue weighted by Crippen LogP contribution is 2.12. The van der Waals surface area contributed by atoms with Crippen molar-refractivity contribution in [3.8, 4) is 0 Å². The summed E-state index contributed by atoms with van der Waals surface area (Å²) >= 11 is 0. The van der Waals surface area contributed by atoms with Gasteiger partial charge in [0.2, 0.25) is 10.0 Å². The predicted octanol–water partition coefficient (Wildman–Crippen LogP) is -0.571. The number of amidine groups is 1. The molecule has 76 valence electrons. The molecular formula is C7H9N3O3S. The van der Waals surface area contributed by atoms with Gasteiger partial charge >= 0.3 is 0 Å². The van der Waals surface area contributed by atoms with E-state index in [-0.39, 0.29) is 16.3 Å². The van der Waals surface area contributed by atoms with Crippen molar-refractivity contribution < 1.29 is 13.6 Å². The van der Waals surface area contributed by atoms with Crippen molar-refractivity contribution in [1.29, 1.82) is 0 Å². The van der Waals surface area contributed by atoms with Gasteiger partial charge in [0.1, 0.15) is 0 Å². The van der Waals surface area contributed by atoms with E-state index in [2.05, 4.69) is 5.16 Å². The molecule has 0 aliphatic carbocycles. The molecule has 0 bridgehead atoms. The highest BCUT2D eigenvalue weighted by molar-refractivity contribution is 7.89. The van der Waals surface area contributed by atoms with Crippen molar-refractivity contribution in [1.82, 2.24) is 0 Å². The first-order valence-electron chi connectivity index (χ1n) is 3.56. The molecule has 1 aromatic rings. The molecule has 0 heterocycles. The number of nitrogens with two attached hydrogens (primary N) is 2. The van der Waals surface area contributed by atoms with E-state index in [1.807, 2.05) is 0 Å². The topological polar surface area (TPSA) is 119 Å². The van der Waals surface area contributed by atoms with Crippen molar-refractivity contribution in [2.45, 2.75) is 4.90 Å². The fourth-order valence-corrected chi connectivity index (χ4v) is 1.73. The van der Waals surface area contributed by atoms with E-state index >= 15 is 0 Å². The maximum absolute atomic E-state index is 11.1. The van der Waals surface area contributed by atoms with Gasteiger partial charge < -0.3 is 10.9 Å². The lowest BCUT2D eigenvalue weighted by Gasteiger charge is -2.04. The summed E-state index contributed by atoms with van der Waals surface area (Å²) in [6.07, 6.45) is 0. The number of benzene rings is 1. The Bertz CT molecular complexity index is 467. The molecule has 0 atom stereocenters. The number of hydrogen-bond donors (Lipinski definition) is 3. The smallest absolute Gasteiger partial charge is 0.238 e. The Morgan fingerprint density at radius 1 is 1.36 bits per heavy atom. The van der Waals surface area contributed by atoms with Crippen LogP contribution in [-0.2, 0) is 10.0 Å². The maximum atomic E-state index is 11.1. The third-order valence-electron chi connectivity index (χ3n) is 1.58. The van der Waals surface area contributed by atoms with Gasteiger partial charge in [-0.15, -0.1) is 0 Å². The maximum Gasteiger partial charge on any atom is 0.238 e. The molecule has 0 aliphatic heterocycles. The van der Waals surface area contributed by atoms with Crippen molar-refractivity contribution in [2.24, 2.45) is 16.0 Å². The molecule has 1 aromatic carbocycles. The highest BCUT2D eigenvalue weighted by Gasteiger charge is 2.15. The van der Waals surface area contributed by atoms with Gasteiger partial charge in [-0.2, -0.15) is 0 Å². The first-order chi connectivity index (χ1) is 6.46. The van der Waals surface area contributed by atoms with E-state index < -0.39 is 10.0 Å². The van der Waals surface area contributed by atoms with Crippen LogP contribution in [0.5, 0.6) is 0 Å². The lowest BCUT2D eigenvalue weighted by atomic mass is 10.2. The van der Waals surface area contributed by atoms with E-state index in [0.717, 1.165) is 0 Å². The third kappa shape index (κ3) is 2.01. The number of primary sulfonamides is 1. The quantitative estimate of drug-likeness (QED) is 0.265. The van der Waals surface area contributed by atoms with Crippen LogP contribution >= 0.6 is 0 Å². The molecule has 5 N–H and O–H groups in total. The Hall–Kier alpha value is -1.60. The summed E-state index contributed by atoms with van der Waals surface area (Å²) in [5.74, 6) is -0.297. The average Bonchev–Trinajstić information content (AvgIpc) is 2.15. The Kier molecular flexibility index (Phi) is 2.73. The van der Waals surface area contributed by atoms with Gasteiger partial charge in [-0.3, -0.25) is 0 Å². The predicted molar refractivity (Wildman–Crippen MR) is 50.3 cm³/mol. The molecule has 0 saturated heterocycles. The number of hydrogen-bond acceptors (Lipinski definition) is 4. The molecule has 0 fully saturated rings. The molecule has 1 rings (SSSR count). The Morgan fingerprint density at radius 2 is 1.93 bits per heavy atom. The number of sulfonamides is 1.